The van der Waals surface area contributed by atoms with Gasteiger partial charge in [-0.2, -0.15) is 0 Å². The van der Waals surface area contributed by atoms with Crippen molar-refractivity contribution in [3.63, 3.8) is 0 Å². The minimum atomic E-state index is -0.978. The molecule has 0 saturated carbocycles. The zero-order valence-electron chi connectivity index (χ0n) is 9.88. The number of aromatic carboxylic acids is 1. The van der Waals surface area contributed by atoms with Gasteiger partial charge in [0.15, 0.2) is 0 Å². The Bertz CT molecular complexity index is 593. The van der Waals surface area contributed by atoms with Crippen LogP contribution in [0.2, 0.25) is 0 Å². The highest BCUT2D eigenvalue weighted by Crippen LogP contribution is 2.34. The summed E-state index contributed by atoms with van der Waals surface area (Å²) in [6.45, 7) is 0. The molecule has 0 saturated heterocycles. The van der Waals surface area contributed by atoms with Crippen molar-refractivity contribution < 1.29 is 14.6 Å². The normalized spacial score (nSPS) is 10.1. The molecular weight excluding hydrogens is 230 g/mol. The van der Waals surface area contributed by atoms with Crippen LogP contribution in [0.4, 0.5) is 5.69 Å². The second-order valence-electron chi connectivity index (χ2n) is 3.81. The molecule has 0 radical (unpaired) electrons. The highest BCUT2D eigenvalue weighted by molar-refractivity contribution is 5.91. The van der Waals surface area contributed by atoms with E-state index < -0.39 is 5.97 Å². The highest BCUT2D eigenvalue weighted by atomic mass is 16.5. The third-order valence-corrected chi connectivity index (χ3v) is 2.70. The summed E-state index contributed by atoms with van der Waals surface area (Å²) in [6, 6.07) is 12.0. The van der Waals surface area contributed by atoms with E-state index in [9.17, 15) is 4.79 Å². The summed E-state index contributed by atoms with van der Waals surface area (Å²) in [6.07, 6.45) is 0. The summed E-state index contributed by atoms with van der Waals surface area (Å²) in [4.78, 5) is 11.0. The predicted molar refractivity (Wildman–Crippen MR) is 69.8 cm³/mol. The number of benzene rings is 2. The van der Waals surface area contributed by atoms with Gasteiger partial charge in [-0.1, -0.05) is 18.2 Å². The van der Waals surface area contributed by atoms with E-state index in [2.05, 4.69) is 0 Å². The fourth-order valence-electron chi connectivity index (χ4n) is 1.79. The molecule has 4 nitrogen and oxygen atoms in total. The number of carbonyl (C=O) groups is 1. The molecule has 2 aromatic rings. The quantitative estimate of drug-likeness (QED) is 0.813. The molecular formula is C14H13NO3. The molecule has 0 heterocycles. The number of nitrogen functional groups attached to an aromatic ring is 1. The lowest BCUT2D eigenvalue weighted by Gasteiger charge is -2.11. The molecule has 0 aliphatic carbocycles. The zero-order valence-corrected chi connectivity index (χ0v) is 9.88. The molecule has 0 amide bonds. The lowest BCUT2D eigenvalue weighted by atomic mass is 10.0. The lowest BCUT2D eigenvalue weighted by Crippen LogP contribution is -1.99. The number of hydrogen-bond donors (Lipinski definition) is 2. The number of carboxylic acid groups (broad SMARTS) is 1. The standard InChI is InChI=1S/C14H13NO3/c1-18-13-7-6-9(14(16)17)8-11(13)10-4-2-3-5-12(10)15/h2-8H,15H2,1H3,(H,16,17). The van der Waals surface area contributed by atoms with Gasteiger partial charge >= 0.3 is 5.97 Å². The van der Waals surface area contributed by atoms with Crippen LogP contribution in [0.1, 0.15) is 10.4 Å². The number of nitrogens with two attached hydrogens (primary N) is 1. The van der Waals surface area contributed by atoms with Gasteiger partial charge in [0.2, 0.25) is 0 Å². The monoisotopic (exact) mass is 243 g/mol. The first kappa shape index (κ1) is 12.0. The Kier molecular flexibility index (Phi) is 3.19. The first-order chi connectivity index (χ1) is 8.63. The Morgan fingerprint density at radius 1 is 1.17 bits per heavy atom. The van der Waals surface area contributed by atoms with Gasteiger partial charge in [0, 0.05) is 16.8 Å². The van der Waals surface area contributed by atoms with Gasteiger partial charge in [0.25, 0.3) is 0 Å². The third kappa shape index (κ3) is 2.13. The molecule has 0 fully saturated rings. The van der Waals surface area contributed by atoms with Crippen molar-refractivity contribution in [3.8, 4) is 16.9 Å². The minimum absolute atomic E-state index is 0.203. The van der Waals surface area contributed by atoms with Gasteiger partial charge in [-0.15, -0.1) is 0 Å². The summed E-state index contributed by atoms with van der Waals surface area (Å²) in [5.41, 5.74) is 8.12. The summed E-state index contributed by atoms with van der Waals surface area (Å²) < 4.78 is 5.24. The molecule has 3 N–H and O–H groups in total. The first-order valence-corrected chi connectivity index (χ1v) is 5.39. The van der Waals surface area contributed by atoms with Gasteiger partial charge in [-0.25, -0.2) is 4.79 Å². The molecule has 92 valence electrons. The average Bonchev–Trinajstić information content (AvgIpc) is 2.38. The van der Waals surface area contributed by atoms with E-state index in [4.69, 9.17) is 15.6 Å². The van der Waals surface area contributed by atoms with Gasteiger partial charge in [0.1, 0.15) is 5.75 Å². The van der Waals surface area contributed by atoms with Crippen molar-refractivity contribution in [2.75, 3.05) is 12.8 Å². The van der Waals surface area contributed by atoms with Gasteiger partial charge < -0.3 is 15.6 Å². The van der Waals surface area contributed by atoms with E-state index >= 15 is 0 Å². The van der Waals surface area contributed by atoms with Crippen LogP contribution in [0, 0.1) is 0 Å². The molecule has 4 heteroatoms. The molecule has 0 spiro atoms. The van der Waals surface area contributed by atoms with Crippen LogP contribution < -0.4 is 10.5 Å². The number of rotatable bonds is 3. The Hall–Kier alpha value is -2.49. The van der Waals surface area contributed by atoms with Crippen molar-refractivity contribution in [1.29, 1.82) is 0 Å². The highest BCUT2D eigenvalue weighted by Gasteiger charge is 2.12. The Morgan fingerprint density at radius 2 is 1.89 bits per heavy atom. The van der Waals surface area contributed by atoms with Crippen LogP contribution >= 0.6 is 0 Å². The molecule has 0 aromatic heterocycles. The summed E-state index contributed by atoms with van der Waals surface area (Å²) >= 11 is 0. The fraction of sp³-hybridized carbons (Fsp3) is 0.0714. The van der Waals surface area contributed by atoms with E-state index in [1.165, 1.54) is 6.07 Å². The summed E-state index contributed by atoms with van der Waals surface area (Å²) in [5, 5.41) is 9.02. The molecule has 0 unspecified atom stereocenters. The van der Waals surface area contributed by atoms with Crippen molar-refractivity contribution in [2.45, 2.75) is 0 Å². The minimum Gasteiger partial charge on any atom is -0.496 e. The molecule has 0 atom stereocenters. The maximum Gasteiger partial charge on any atom is 0.335 e. The maximum atomic E-state index is 11.0. The van der Waals surface area contributed by atoms with E-state index in [0.717, 1.165) is 5.56 Å². The molecule has 2 rings (SSSR count). The van der Waals surface area contributed by atoms with E-state index in [-0.39, 0.29) is 5.56 Å². The molecule has 0 aliphatic heterocycles. The average molecular weight is 243 g/mol. The predicted octanol–water partition coefficient (Wildman–Crippen LogP) is 2.64. The van der Waals surface area contributed by atoms with E-state index in [0.29, 0.717) is 17.0 Å². The maximum absolute atomic E-state index is 11.0. The number of ether oxygens (including phenoxy) is 1. The number of anilines is 1. The van der Waals surface area contributed by atoms with Crippen LogP contribution in [-0.4, -0.2) is 18.2 Å². The van der Waals surface area contributed by atoms with Crippen LogP contribution in [0.25, 0.3) is 11.1 Å². The number of carboxylic acids is 1. The van der Waals surface area contributed by atoms with Gasteiger partial charge in [0.05, 0.1) is 12.7 Å². The van der Waals surface area contributed by atoms with Gasteiger partial charge in [-0.05, 0) is 24.3 Å². The van der Waals surface area contributed by atoms with Crippen LogP contribution in [0.15, 0.2) is 42.5 Å². The number of hydrogen-bond acceptors (Lipinski definition) is 3. The smallest absolute Gasteiger partial charge is 0.335 e. The molecule has 2 aromatic carbocycles. The van der Waals surface area contributed by atoms with Crippen molar-refractivity contribution in [3.05, 3.63) is 48.0 Å². The fourth-order valence-corrected chi connectivity index (χ4v) is 1.79. The SMILES string of the molecule is COc1ccc(C(=O)O)cc1-c1ccccc1N. The second-order valence-corrected chi connectivity index (χ2v) is 3.81. The van der Waals surface area contributed by atoms with E-state index in [1.807, 2.05) is 18.2 Å². The lowest BCUT2D eigenvalue weighted by molar-refractivity contribution is 0.0697. The zero-order chi connectivity index (χ0) is 13.1. The van der Waals surface area contributed by atoms with Gasteiger partial charge in [-0.3, -0.25) is 0 Å². The van der Waals surface area contributed by atoms with Crippen molar-refractivity contribution >= 4 is 11.7 Å². The molecule has 0 bridgehead atoms. The first-order valence-electron chi connectivity index (χ1n) is 5.39. The van der Waals surface area contributed by atoms with Crippen molar-refractivity contribution in [2.24, 2.45) is 0 Å². The molecule has 18 heavy (non-hydrogen) atoms. The third-order valence-electron chi connectivity index (χ3n) is 2.70. The van der Waals surface area contributed by atoms with Crippen LogP contribution in [0.5, 0.6) is 5.75 Å². The Labute approximate surface area is 105 Å². The molecule has 0 aliphatic rings. The number of methoxy groups -OCH3 is 1. The Morgan fingerprint density at radius 3 is 2.50 bits per heavy atom. The summed E-state index contributed by atoms with van der Waals surface area (Å²) in [5.74, 6) is -0.383. The summed E-state index contributed by atoms with van der Waals surface area (Å²) in [7, 11) is 1.54. The topological polar surface area (TPSA) is 72.5 Å². The second kappa shape index (κ2) is 4.79. The van der Waals surface area contributed by atoms with E-state index in [1.54, 1.807) is 25.3 Å². The Balaban J connectivity index is 2.64. The van der Waals surface area contributed by atoms with Crippen molar-refractivity contribution in [1.82, 2.24) is 0 Å². The van der Waals surface area contributed by atoms with Crippen LogP contribution in [-0.2, 0) is 0 Å². The van der Waals surface area contributed by atoms with Crippen LogP contribution in [0.3, 0.4) is 0 Å². The largest absolute Gasteiger partial charge is 0.496 e. The number of para-hydroxylation sites is 1.